The third-order valence-corrected chi connectivity index (χ3v) is 6.52. The summed E-state index contributed by atoms with van der Waals surface area (Å²) < 4.78 is 22.9. The van der Waals surface area contributed by atoms with Crippen molar-refractivity contribution < 1.29 is 13.2 Å². The van der Waals surface area contributed by atoms with Gasteiger partial charge in [-0.05, 0) is 12.0 Å². The molecule has 1 amide bonds. The maximum Gasteiger partial charge on any atom is 0.236 e. The summed E-state index contributed by atoms with van der Waals surface area (Å²) >= 11 is 0. The molecular weight excluding hydrogens is 326 g/mol. The van der Waals surface area contributed by atoms with Crippen LogP contribution in [0.3, 0.4) is 0 Å². The molecule has 0 aromatic heterocycles. The number of piperazine rings is 1. The number of amides is 1. The highest BCUT2D eigenvalue weighted by Gasteiger charge is 2.28. The summed E-state index contributed by atoms with van der Waals surface area (Å²) in [6.07, 6.45) is 0.612. The number of carbonyl (C=O) groups excluding carboxylic acids is 1. The van der Waals surface area contributed by atoms with Gasteiger partial charge in [-0.1, -0.05) is 30.3 Å². The van der Waals surface area contributed by atoms with Crippen LogP contribution in [0.25, 0.3) is 0 Å². The molecule has 2 aliphatic heterocycles. The molecule has 0 spiro atoms. The number of nitrogens with one attached hydrogen (secondary N) is 1. The molecule has 0 radical (unpaired) electrons. The lowest BCUT2D eigenvalue weighted by Crippen LogP contribution is -2.51. The molecule has 2 saturated heterocycles. The molecule has 132 valence electrons. The molecule has 7 heteroatoms. The molecule has 1 N–H and O–H groups in total. The number of nitrogens with zero attached hydrogens (tertiary/aromatic N) is 2. The van der Waals surface area contributed by atoms with Gasteiger partial charge in [-0.25, -0.2) is 8.42 Å². The predicted molar refractivity (Wildman–Crippen MR) is 93.4 cm³/mol. The standard InChI is InChI=1S/C17H25N3O3S/c21-17(12-18-16-6-11-24(22,23)14-16)20-9-7-19(8-10-20)13-15-4-2-1-3-5-15/h1-5,16,18H,6-14H2. The monoisotopic (exact) mass is 351 g/mol. The Kier molecular flexibility index (Phi) is 5.53. The molecule has 0 aliphatic carbocycles. The highest BCUT2D eigenvalue weighted by Crippen LogP contribution is 2.12. The first-order valence-corrected chi connectivity index (χ1v) is 10.3. The van der Waals surface area contributed by atoms with Gasteiger partial charge in [0.25, 0.3) is 0 Å². The Morgan fingerprint density at radius 3 is 2.46 bits per heavy atom. The SMILES string of the molecule is O=C(CNC1CCS(=O)(=O)C1)N1CCN(Cc2ccccc2)CC1. The molecule has 0 bridgehead atoms. The first-order chi connectivity index (χ1) is 11.5. The van der Waals surface area contributed by atoms with E-state index in [4.69, 9.17) is 0 Å². The molecule has 1 atom stereocenters. The van der Waals surface area contributed by atoms with Gasteiger partial charge < -0.3 is 10.2 Å². The highest BCUT2D eigenvalue weighted by molar-refractivity contribution is 7.91. The average Bonchev–Trinajstić information content (AvgIpc) is 2.93. The van der Waals surface area contributed by atoms with E-state index in [1.807, 2.05) is 23.1 Å². The van der Waals surface area contributed by atoms with Gasteiger partial charge >= 0.3 is 0 Å². The van der Waals surface area contributed by atoms with Crippen LogP contribution in [-0.4, -0.2) is 74.4 Å². The van der Waals surface area contributed by atoms with E-state index >= 15 is 0 Å². The lowest BCUT2D eigenvalue weighted by Gasteiger charge is -2.35. The summed E-state index contributed by atoms with van der Waals surface area (Å²) in [5.41, 5.74) is 1.29. The second-order valence-electron chi connectivity index (χ2n) is 6.62. The largest absolute Gasteiger partial charge is 0.339 e. The van der Waals surface area contributed by atoms with E-state index in [1.54, 1.807) is 0 Å². The number of hydrogen-bond acceptors (Lipinski definition) is 5. The van der Waals surface area contributed by atoms with E-state index in [9.17, 15) is 13.2 Å². The van der Waals surface area contributed by atoms with Crippen LogP contribution >= 0.6 is 0 Å². The smallest absolute Gasteiger partial charge is 0.236 e. The number of carbonyl (C=O) groups is 1. The van der Waals surface area contributed by atoms with Gasteiger partial charge in [0, 0.05) is 38.8 Å². The van der Waals surface area contributed by atoms with E-state index in [0.717, 1.165) is 32.7 Å². The predicted octanol–water partition coefficient (Wildman–Crippen LogP) is 0.108. The summed E-state index contributed by atoms with van der Waals surface area (Å²) in [5.74, 6) is 0.459. The van der Waals surface area contributed by atoms with Crippen LogP contribution in [0.1, 0.15) is 12.0 Å². The van der Waals surface area contributed by atoms with Gasteiger partial charge in [-0.2, -0.15) is 0 Å². The average molecular weight is 351 g/mol. The number of sulfone groups is 1. The Hall–Kier alpha value is -1.44. The summed E-state index contributed by atoms with van der Waals surface area (Å²) in [6.45, 7) is 4.36. The molecule has 1 aromatic carbocycles. The highest BCUT2D eigenvalue weighted by atomic mass is 32.2. The molecule has 1 unspecified atom stereocenters. The van der Waals surface area contributed by atoms with E-state index in [2.05, 4.69) is 22.3 Å². The minimum atomic E-state index is -2.90. The molecule has 3 rings (SSSR count). The molecular formula is C17H25N3O3S. The van der Waals surface area contributed by atoms with Gasteiger partial charge in [0.05, 0.1) is 18.1 Å². The van der Waals surface area contributed by atoms with E-state index in [1.165, 1.54) is 5.56 Å². The Balaban J connectivity index is 1.39. The fraction of sp³-hybridized carbons (Fsp3) is 0.588. The molecule has 24 heavy (non-hydrogen) atoms. The zero-order valence-corrected chi connectivity index (χ0v) is 14.7. The van der Waals surface area contributed by atoms with E-state index < -0.39 is 9.84 Å². The maximum atomic E-state index is 12.3. The van der Waals surface area contributed by atoms with Gasteiger partial charge in [0.2, 0.25) is 5.91 Å². The Labute approximate surface area is 143 Å². The number of benzene rings is 1. The third-order valence-electron chi connectivity index (χ3n) is 4.75. The van der Waals surface area contributed by atoms with Crippen molar-refractivity contribution in [2.75, 3.05) is 44.2 Å². The summed E-state index contributed by atoms with van der Waals surface area (Å²) in [4.78, 5) is 16.5. The number of hydrogen-bond donors (Lipinski definition) is 1. The van der Waals surface area contributed by atoms with Crippen LogP contribution in [0.4, 0.5) is 0 Å². The molecule has 0 saturated carbocycles. The minimum Gasteiger partial charge on any atom is -0.339 e. The maximum absolute atomic E-state index is 12.3. The molecule has 2 heterocycles. The lowest BCUT2D eigenvalue weighted by molar-refractivity contribution is -0.132. The van der Waals surface area contributed by atoms with Crippen LogP contribution in [0.5, 0.6) is 0 Å². The Morgan fingerprint density at radius 1 is 1.12 bits per heavy atom. The minimum absolute atomic E-state index is 0.0682. The van der Waals surface area contributed by atoms with Gasteiger partial charge in [0.15, 0.2) is 9.84 Å². The van der Waals surface area contributed by atoms with Gasteiger partial charge in [-0.15, -0.1) is 0 Å². The van der Waals surface area contributed by atoms with Crippen molar-refractivity contribution in [3.63, 3.8) is 0 Å². The Morgan fingerprint density at radius 2 is 1.83 bits per heavy atom. The number of rotatable bonds is 5. The van der Waals surface area contributed by atoms with Crippen LogP contribution in [-0.2, 0) is 21.2 Å². The van der Waals surface area contributed by atoms with Gasteiger partial charge in [-0.3, -0.25) is 9.69 Å². The summed E-state index contributed by atoms with van der Waals surface area (Å²) in [7, 11) is -2.90. The quantitative estimate of drug-likeness (QED) is 0.815. The third kappa shape index (κ3) is 4.78. The molecule has 2 aliphatic rings. The van der Waals surface area contributed by atoms with Crippen LogP contribution in [0.2, 0.25) is 0 Å². The van der Waals surface area contributed by atoms with Gasteiger partial charge in [0.1, 0.15) is 0 Å². The first kappa shape index (κ1) is 17.4. The molecule has 6 nitrogen and oxygen atoms in total. The topological polar surface area (TPSA) is 69.7 Å². The lowest BCUT2D eigenvalue weighted by atomic mass is 10.2. The van der Waals surface area contributed by atoms with Crippen molar-refractivity contribution in [2.24, 2.45) is 0 Å². The van der Waals surface area contributed by atoms with Crippen LogP contribution in [0.15, 0.2) is 30.3 Å². The van der Waals surface area contributed by atoms with Crippen LogP contribution in [0, 0.1) is 0 Å². The fourth-order valence-electron chi connectivity index (χ4n) is 3.30. The van der Waals surface area contributed by atoms with Crippen molar-refractivity contribution in [3.8, 4) is 0 Å². The van der Waals surface area contributed by atoms with Crippen molar-refractivity contribution >= 4 is 15.7 Å². The summed E-state index contributed by atoms with van der Waals surface area (Å²) in [5, 5.41) is 3.10. The molecule has 2 fully saturated rings. The van der Waals surface area contributed by atoms with Crippen molar-refractivity contribution in [3.05, 3.63) is 35.9 Å². The van der Waals surface area contributed by atoms with Crippen LogP contribution < -0.4 is 5.32 Å². The zero-order chi connectivity index (χ0) is 17.0. The summed E-state index contributed by atoms with van der Waals surface area (Å²) in [6, 6.07) is 10.3. The second kappa shape index (κ2) is 7.63. The van der Waals surface area contributed by atoms with E-state index in [-0.39, 0.29) is 30.0 Å². The fourth-order valence-corrected chi connectivity index (χ4v) is 5.00. The molecule has 1 aromatic rings. The van der Waals surface area contributed by atoms with Crippen molar-refractivity contribution in [1.82, 2.24) is 15.1 Å². The Bertz CT molecular complexity index is 655. The van der Waals surface area contributed by atoms with E-state index in [0.29, 0.717) is 6.42 Å². The van der Waals surface area contributed by atoms with Crippen molar-refractivity contribution in [1.29, 1.82) is 0 Å². The zero-order valence-electron chi connectivity index (χ0n) is 13.9. The second-order valence-corrected chi connectivity index (χ2v) is 8.85. The normalized spacial score (nSPS) is 24.2. The first-order valence-electron chi connectivity index (χ1n) is 8.50. The van der Waals surface area contributed by atoms with Crippen molar-refractivity contribution in [2.45, 2.75) is 19.0 Å².